The van der Waals surface area contributed by atoms with Gasteiger partial charge in [-0.1, -0.05) is 11.6 Å². The minimum atomic E-state index is -0.659. The van der Waals surface area contributed by atoms with Crippen LogP contribution in [0.4, 0.5) is 5.00 Å². The van der Waals surface area contributed by atoms with E-state index in [1.54, 1.807) is 20.8 Å². The summed E-state index contributed by atoms with van der Waals surface area (Å²) in [4.78, 5) is 37.1. The van der Waals surface area contributed by atoms with E-state index in [4.69, 9.17) is 31.1 Å². The summed E-state index contributed by atoms with van der Waals surface area (Å²) in [5, 5.41) is 11.8. The van der Waals surface area contributed by atoms with Gasteiger partial charge >= 0.3 is 11.9 Å². The summed E-state index contributed by atoms with van der Waals surface area (Å²) in [6, 6.07) is 6.35. The molecule has 0 saturated carbocycles. The molecule has 0 aliphatic carbocycles. The first-order chi connectivity index (χ1) is 14.3. The zero-order valence-electron chi connectivity index (χ0n) is 16.5. The average molecular weight is 451 g/mol. The fourth-order valence-electron chi connectivity index (χ4n) is 2.44. The van der Waals surface area contributed by atoms with E-state index < -0.39 is 24.5 Å². The van der Waals surface area contributed by atoms with Crippen molar-refractivity contribution >= 4 is 45.8 Å². The highest BCUT2D eigenvalue weighted by molar-refractivity contribution is 7.18. The molecule has 0 radical (unpaired) electrons. The Morgan fingerprint density at radius 1 is 1.17 bits per heavy atom. The topological polar surface area (TPSA) is 115 Å². The second kappa shape index (κ2) is 10.6. The van der Waals surface area contributed by atoms with Crippen molar-refractivity contribution in [3.05, 3.63) is 44.8 Å². The highest BCUT2D eigenvalue weighted by atomic mass is 35.5. The Hall–Kier alpha value is -3.09. The number of nitrogens with zero attached hydrogens (tertiary/aromatic N) is 1. The Bertz CT molecular complexity index is 1010. The van der Waals surface area contributed by atoms with Crippen LogP contribution in [0.25, 0.3) is 0 Å². The number of ether oxygens (including phenoxy) is 3. The molecule has 0 spiro atoms. The minimum Gasteiger partial charge on any atom is -0.482 e. The molecule has 0 fully saturated rings. The lowest BCUT2D eigenvalue weighted by molar-refractivity contribution is -0.118. The van der Waals surface area contributed by atoms with Gasteiger partial charge in [0.1, 0.15) is 15.6 Å². The number of benzene rings is 1. The summed E-state index contributed by atoms with van der Waals surface area (Å²) in [5.41, 5.74) is 0.814. The van der Waals surface area contributed by atoms with Crippen LogP contribution in [0.2, 0.25) is 5.02 Å². The summed E-state index contributed by atoms with van der Waals surface area (Å²) in [6.07, 6.45) is 0. The third-order valence-electron chi connectivity index (χ3n) is 3.76. The number of anilines is 1. The van der Waals surface area contributed by atoms with Gasteiger partial charge in [0.05, 0.1) is 35.4 Å². The summed E-state index contributed by atoms with van der Waals surface area (Å²) < 4.78 is 15.4. The number of hydrogen-bond acceptors (Lipinski definition) is 8. The van der Waals surface area contributed by atoms with Gasteiger partial charge in [0.2, 0.25) is 0 Å². The number of carbonyl (C=O) groups excluding carboxylic acids is 3. The number of rotatable bonds is 8. The number of thiophene rings is 1. The highest BCUT2D eigenvalue weighted by Gasteiger charge is 2.27. The van der Waals surface area contributed by atoms with Crippen molar-refractivity contribution in [1.29, 1.82) is 5.26 Å². The average Bonchev–Trinajstić information content (AvgIpc) is 3.03. The molecule has 2 rings (SSSR count). The standard InChI is InChI=1S/C20H19ClN2O6S/c1-4-27-19(25)16-11(3)17(20(26)28-5-2)30-18(16)23-15(24)10-29-14-7-6-12(9-22)8-13(14)21/h6-8H,4-5,10H2,1-3H3,(H,23,24). The van der Waals surface area contributed by atoms with Crippen molar-refractivity contribution in [1.82, 2.24) is 0 Å². The molecule has 158 valence electrons. The number of carbonyl (C=O) groups is 3. The molecule has 2 aromatic rings. The van der Waals surface area contributed by atoms with Crippen LogP contribution >= 0.6 is 22.9 Å². The third-order valence-corrected chi connectivity index (χ3v) is 5.24. The maximum Gasteiger partial charge on any atom is 0.348 e. The zero-order chi connectivity index (χ0) is 22.3. The molecule has 0 atom stereocenters. The lowest BCUT2D eigenvalue weighted by atomic mass is 10.1. The summed E-state index contributed by atoms with van der Waals surface area (Å²) in [6.45, 7) is 4.81. The second-order valence-corrected chi connectivity index (χ2v) is 7.22. The van der Waals surface area contributed by atoms with Gasteiger partial charge in [0.25, 0.3) is 5.91 Å². The maximum atomic E-state index is 12.4. The zero-order valence-corrected chi connectivity index (χ0v) is 18.1. The number of esters is 2. The fraction of sp³-hybridized carbons (Fsp3) is 0.300. The predicted molar refractivity (Wildman–Crippen MR) is 111 cm³/mol. The first kappa shape index (κ1) is 23.2. The van der Waals surface area contributed by atoms with E-state index in [0.29, 0.717) is 11.1 Å². The second-order valence-electron chi connectivity index (χ2n) is 5.80. The monoisotopic (exact) mass is 450 g/mol. The van der Waals surface area contributed by atoms with Crippen molar-refractivity contribution < 1.29 is 28.6 Å². The summed E-state index contributed by atoms with van der Waals surface area (Å²) >= 11 is 6.95. The molecule has 0 aliphatic heterocycles. The van der Waals surface area contributed by atoms with E-state index in [2.05, 4.69) is 5.32 Å². The lowest BCUT2D eigenvalue weighted by Gasteiger charge is -2.09. The van der Waals surface area contributed by atoms with Gasteiger partial charge in [0.15, 0.2) is 6.61 Å². The molecule has 30 heavy (non-hydrogen) atoms. The van der Waals surface area contributed by atoms with Crippen LogP contribution in [0.1, 0.15) is 45.0 Å². The van der Waals surface area contributed by atoms with Crippen LogP contribution in [-0.4, -0.2) is 37.7 Å². The fourth-order valence-corrected chi connectivity index (χ4v) is 3.78. The molecule has 1 heterocycles. The number of halogens is 1. The molecule has 1 amide bonds. The molecule has 8 nitrogen and oxygen atoms in total. The van der Waals surface area contributed by atoms with Crippen LogP contribution in [0.15, 0.2) is 18.2 Å². The molecule has 1 aromatic carbocycles. The quantitative estimate of drug-likeness (QED) is 0.605. The number of nitrogens with one attached hydrogen (secondary N) is 1. The van der Waals surface area contributed by atoms with Crippen molar-refractivity contribution in [3.8, 4) is 11.8 Å². The lowest BCUT2D eigenvalue weighted by Crippen LogP contribution is -2.21. The van der Waals surface area contributed by atoms with Crippen LogP contribution in [0.3, 0.4) is 0 Å². The number of nitriles is 1. The molecular weight excluding hydrogens is 432 g/mol. The Morgan fingerprint density at radius 3 is 2.43 bits per heavy atom. The highest BCUT2D eigenvalue weighted by Crippen LogP contribution is 2.34. The van der Waals surface area contributed by atoms with Crippen LogP contribution in [0.5, 0.6) is 5.75 Å². The molecule has 0 bridgehead atoms. The van der Waals surface area contributed by atoms with E-state index in [9.17, 15) is 14.4 Å². The molecule has 10 heteroatoms. The largest absolute Gasteiger partial charge is 0.482 e. The molecule has 0 saturated heterocycles. The Kier molecular flexibility index (Phi) is 8.21. The van der Waals surface area contributed by atoms with Gasteiger partial charge in [-0.15, -0.1) is 11.3 Å². The van der Waals surface area contributed by atoms with E-state index >= 15 is 0 Å². The van der Waals surface area contributed by atoms with Gasteiger partial charge in [0, 0.05) is 0 Å². The first-order valence-electron chi connectivity index (χ1n) is 8.92. The van der Waals surface area contributed by atoms with Gasteiger partial charge < -0.3 is 19.5 Å². The van der Waals surface area contributed by atoms with Gasteiger partial charge in [-0.3, -0.25) is 4.79 Å². The molecule has 1 N–H and O–H groups in total. The minimum absolute atomic E-state index is 0.0923. The van der Waals surface area contributed by atoms with Crippen molar-refractivity contribution in [2.75, 3.05) is 25.1 Å². The van der Waals surface area contributed by atoms with Gasteiger partial charge in [-0.05, 0) is 44.5 Å². The van der Waals surface area contributed by atoms with Crippen molar-refractivity contribution in [2.45, 2.75) is 20.8 Å². The maximum absolute atomic E-state index is 12.4. The SMILES string of the molecule is CCOC(=O)c1sc(NC(=O)COc2ccc(C#N)cc2Cl)c(C(=O)OCC)c1C. The first-order valence-corrected chi connectivity index (χ1v) is 10.1. The number of amides is 1. The summed E-state index contributed by atoms with van der Waals surface area (Å²) in [7, 11) is 0. The van der Waals surface area contributed by atoms with Gasteiger partial charge in [-0.25, -0.2) is 9.59 Å². The van der Waals surface area contributed by atoms with Crippen LogP contribution < -0.4 is 10.1 Å². The number of hydrogen-bond donors (Lipinski definition) is 1. The van der Waals surface area contributed by atoms with Gasteiger partial charge in [-0.2, -0.15) is 5.26 Å². The molecular formula is C20H19ClN2O6S. The summed E-state index contributed by atoms with van der Waals surface area (Å²) in [5.74, 6) is -1.59. The van der Waals surface area contributed by atoms with Crippen LogP contribution in [-0.2, 0) is 14.3 Å². The Morgan fingerprint density at radius 2 is 1.83 bits per heavy atom. The Labute approximate surface area is 182 Å². The van der Waals surface area contributed by atoms with E-state index in [0.717, 1.165) is 11.3 Å². The molecule has 0 unspecified atom stereocenters. The predicted octanol–water partition coefficient (Wildman–Crippen LogP) is 3.95. The van der Waals surface area contributed by atoms with Crippen molar-refractivity contribution in [3.63, 3.8) is 0 Å². The van der Waals surface area contributed by atoms with E-state index in [1.807, 2.05) is 6.07 Å². The molecule has 1 aromatic heterocycles. The third kappa shape index (κ3) is 5.49. The molecule has 0 aliphatic rings. The van der Waals surface area contributed by atoms with Crippen molar-refractivity contribution in [2.24, 2.45) is 0 Å². The Balaban J connectivity index is 2.20. The smallest absolute Gasteiger partial charge is 0.348 e. The van der Waals surface area contributed by atoms with E-state index in [-0.39, 0.29) is 39.4 Å². The van der Waals surface area contributed by atoms with Crippen LogP contribution in [0, 0.1) is 18.3 Å². The normalized spacial score (nSPS) is 10.1. The van der Waals surface area contributed by atoms with E-state index in [1.165, 1.54) is 18.2 Å².